The first-order valence-electron chi connectivity index (χ1n) is 32.8. The highest BCUT2D eigenvalue weighted by Gasteiger charge is 2.23. The zero-order valence-electron chi connectivity index (χ0n) is 52.8. The first kappa shape index (κ1) is 57.4. The molecule has 4 aromatic heterocycles. The monoisotopic (exact) mass is 1250 g/mol. The van der Waals surface area contributed by atoms with Crippen molar-refractivity contribution in [2.24, 2.45) is 0 Å². The van der Waals surface area contributed by atoms with Crippen molar-refractivity contribution >= 4 is 43.9 Å². The van der Waals surface area contributed by atoms with Gasteiger partial charge in [0.2, 0.25) is 0 Å². The van der Waals surface area contributed by atoms with Gasteiger partial charge in [-0.15, -0.1) is 0 Å². The van der Waals surface area contributed by atoms with Crippen molar-refractivity contribution in [3.63, 3.8) is 0 Å². The van der Waals surface area contributed by atoms with Crippen LogP contribution < -0.4 is 0 Å². The molecule has 0 amide bonds. The van der Waals surface area contributed by atoms with E-state index in [1.807, 2.05) is 109 Å². The Hall–Kier alpha value is -13.3. The summed E-state index contributed by atoms with van der Waals surface area (Å²) in [6, 6.07) is 118. The average molecular weight is 1250 g/mol. The van der Waals surface area contributed by atoms with Crippen LogP contribution in [0.1, 0.15) is 0 Å². The lowest BCUT2D eigenvalue weighted by atomic mass is 9.92. The predicted octanol–water partition coefficient (Wildman–Crippen LogP) is 23.5. The van der Waals surface area contributed by atoms with Crippen molar-refractivity contribution in [2.45, 2.75) is 0 Å². The maximum absolute atomic E-state index is 6.96. The molecule has 0 N–H and O–H groups in total. The minimum Gasteiger partial charge on any atom is -0.456 e. The molecule has 4 heterocycles. The van der Waals surface area contributed by atoms with E-state index in [4.69, 9.17) is 38.7 Å². The Kier molecular flexibility index (Phi) is 14.4. The van der Waals surface area contributed by atoms with Crippen LogP contribution in [0.15, 0.2) is 349 Å². The Morgan fingerprint density at radius 1 is 0.153 bits per heavy atom. The van der Waals surface area contributed by atoms with Gasteiger partial charge >= 0.3 is 0 Å². The Bertz CT molecular complexity index is 5960. The molecule has 98 heavy (non-hydrogen) atoms. The largest absolute Gasteiger partial charge is 0.456 e. The van der Waals surface area contributed by atoms with Crippen LogP contribution in [0.3, 0.4) is 0 Å². The van der Waals surface area contributed by atoms with Crippen molar-refractivity contribution in [2.75, 3.05) is 0 Å². The smallest absolute Gasteiger partial charge is 0.164 e. The standard InChI is InChI=1S/C90H56N6O2/c1-6-21-57(22-7-1)59-39-43-61(44-40-59)73-35-16-17-36-74(73)71-48-50-79-77(54-71)83-75(37-20-38-81(83)97-79)89-93-85(62-25-10-3-11-26-62)92-88(94-89)65-45-41-60(42-46-65)72-55-78(90-95-86(63-27-12-4-13-28-63)91-87(96-90)64-29-14-5-15-30-64)84-76-53-70(47-49-80(76)98-82(84)56-72)69-34-19-33-68(52-69)67-32-18-31-66(51-67)58-23-8-2-9-24-58/h1-56H. The molecule has 0 unspecified atom stereocenters. The number of rotatable bonds is 13. The van der Waals surface area contributed by atoms with Gasteiger partial charge in [-0.1, -0.05) is 285 Å². The predicted molar refractivity (Wildman–Crippen MR) is 398 cm³/mol. The molecule has 18 rings (SSSR count). The van der Waals surface area contributed by atoms with Gasteiger partial charge in [0, 0.05) is 54.9 Å². The van der Waals surface area contributed by atoms with E-state index in [1.54, 1.807) is 0 Å². The fourth-order valence-electron chi connectivity index (χ4n) is 13.5. The van der Waals surface area contributed by atoms with Gasteiger partial charge in [-0.3, -0.25) is 0 Å². The first-order valence-corrected chi connectivity index (χ1v) is 32.8. The number of benzene rings is 14. The lowest BCUT2D eigenvalue weighted by Gasteiger charge is -2.12. The third-order valence-corrected chi connectivity index (χ3v) is 18.4. The fourth-order valence-corrected chi connectivity index (χ4v) is 13.5. The van der Waals surface area contributed by atoms with Crippen LogP contribution in [-0.4, -0.2) is 29.9 Å². The van der Waals surface area contributed by atoms with Crippen LogP contribution in [0.25, 0.3) is 190 Å². The Morgan fingerprint density at radius 3 is 0.980 bits per heavy atom. The first-order chi connectivity index (χ1) is 48.5. The lowest BCUT2D eigenvalue weighted by Crippen LogP contribution is -2.01. The van der Waals surface area contributed by atoms with E-state index in [2.05, 4.69) is 231 Å². The Balaban J connectivity index is 0.748. The lowest BCUT2D eigenvalue weighted by molar-refractivity contribution is 0.668. The van der Waals surface area contributed by atoms with Crippen molar-refractivity contribution in [1.29, 1.82) is 0 Å². The van der Waals surface area contributed by atoms with E-state index < -0.39 is 0 Å². The van der Waals surface area contributed by atoms with Crippen LogP contribution in [0.2, 0.25) is 0 Å². The molecule has 0 spiro atoms. The van der Waals surface area contributed by atoms with Gasteiger partial charge in [-0.25, -0.2) is 29.9 Å². The minimum absolute atomic E-state index is 0.521. The number of hydrogen-bond acceptors (Lipinski definition) is 8. The molecule has 0 fully saturated rings. The zero-order valence-corrected chi connectivity index (χ0v) is 52.8. The Morgan fingerprint density at radius 2 is 0.459 bits per heavy atom. The number of furan rings is 2. The average Bonchev–Trinajstić information content (AvgIpc) is 1.58. The molecule has 0 saturated heterocycles. The summed E-state index contributed by atoms with van der Waals surface area (Å²) in [4.78, 5) is 31.6. The zero-order chi connectivity index (χ0) is 64.9. The SMILES string of the molecule is c1ccc(-c2ccc(-c3ccccc3-c3ccc4oc5cccc(-c6nc(-c7ccccc7)nc(-c7ccc(-c8cc(-c9nc(-c%10ccccc%10)nc(-c%10ccccc%10)n9)c9c(c8)oc8ccc(-c%10cccc(-c%11cccc(-c%12ccccc%12)c%11)c%10)cc89)cc7)n6)c5c4c3)cc2)cc1. The van der Waals surface area contributed by atoms with E-state index in [1.165, 1.54) is 22.3 Å². The molecule has 0 aliphatic heterocycles. The summed E-state index contributed by atoms with van der Waals surface area (Å²) in [6.07, 6.45) is 0. The van der Waals surface area contributed by atoms with Crippen LogP contribution >= 0.6 is 0 Å². The topological polar surface area (TPSA) is 104 Å². The van der Waals surface area contributed by atoms with Gasteiger partial charge in [-0.2, -0.15) is 0 Å². The fraction of sp³-hybridized carbons (Fsp3) is 0. The summed E-state index contributed by atoms with van der Waals surface area (Å²) >= 11 is 0. The second-order valence-electron chi connectivity index (χ2n) is 24.5. The number of fused-ring (bicyclic) bond motifs is 6. The van der Waals surface area contributed by atoms with Crippen LogP contribution in [0.5, 0.6) is 0 Å². The number of aromatic nitrogens is 6. The number of hydrogen-bond donors (Lipinski definition) is 0. The van der Waals surface area contributed by atoms with Gasteiger partial charge in [0.15, 0.2) is 34.9 Å². The molecule has 0 aliphatic rings. The van der Waals surface area contributed by atoms with Gasteiger partial charge < -0.3 is 8.83 Å². The van der Waals surface area contributed by atoms with E-state index >= 15 is 0 Å². The van der Waals surface area contributed by atoms with Crippen LogP contribution in [0, 0.1) is 0 Å². The summed E-state index contributed by atoms with van der Waals surface area (Å²) in [5.41, 5.74) is 23.5. The van der Waals surface area contributed by atoms with Gasteiger partial charge in [0.25, 0.3) is 0 Å². The molecule has 0 bridgehead atoms. The molecule has 0 saturated carbocycles. The quantitative estimate of drug-likeness (QED) is 0.112. The maximum atomic E-state index is 6.96. The highest BCUT2D eigenvalue weighted by molar-refractivity contribution is 6.15. The van der Waals surface area contributed by atoms with Gasteiger partial charge in [0.1, 0.15) is 22.3 Å². The van der Waals surface area contributed by atoms with Crippen molar-refractivity contribution in [3.05, 3.63) is 340 Å². The summed E-state index contributed by atoms with van der Waals surface area (Å²) < 4.78 is 13.6. The Labute approximate surface area is 565 Å². The van der Waals surface area contributed by atoms with Crippen molar-refractivity contribution < 1.29 is 8.83 Å². The third-order valence-electron chi connectivity index (χ3n) is 18.4. The highest BCUT2D eigenvalue weighted by Crippen LogP contribution is 2.44. The molecular weight excluding hydrogens is 1200 g/mol. The summed E-state index contributed by atoms with van der Waals surface area (Å²) in [7, 11) is 0. The molecular formula is C90H56N6O2. The van der Waals surface area contributed by atoms with E-state index in [0.29, 0.717) is 40.5 Å². The summed E-state index contributed by atoms with van der Waals surface area (Å²) in [5.74, 6) is 3.26. The second kappa shape index (κ2) is 24.6. The molecule has 8 nitrogen and oxygen atoms in total. The second-order valence-corrected chi connectivity index (χ2v) is 24.5. The maximum Gasteiger partial charge on any atom is 0.164 e. The van der Waals surface area contributed by atoms with E-state index in [9.17, 15) is 0 Å². The van der Waals surface area contributed by atoms with Crippen molar-refractivity contribution in [1.82, 2.24) is 29.9 Å². The van der Waals surface area contributed by atoms with E-state index in [0.717, 1.165) is 127 Å². The summed E-state index contributed by atoms with van der Waals surface area (Å²) in [6.45, 7) is 0. The third kappa shape index (κ3) is 10.8. The highest BCUT2D eigenvalue weighted by atomic mass is 16.3. The molecule has 0 aliphatic carbocycles. The molecule has 8 heteroatoms. The minimum atomic E-state index is 0.521. The molecule has 14 aromatic carbocycles. The molecule has 458 valence electrons. The molecule has 0 radical (unpaired) electrons. The molecule has 0 atom stereocenters. The van der Waals surface area contributed by atoms with Crippen molar-refractivity contribution in [3.8, 4) is 146 Å². The number of nitrogens with zero attached hydrogens (tertiary/aromatic N) is 6. The summed E-state index contributed by atoms with van der Waals surface area (Å²) in [5, 5.41) is 3.73. The van der Waals surface area contributed by atoms with E-state index in [-0.39, 0.29) is 0 Å². The normalized spacial score (nSPS) is 11.5. The van der Waals surface area contributed by atoms with Crippen LogP contribution in [0.4, 0.5) is 0 Å². The van der Waals surface area contributed by atoms with Gasteiger partial charge in [-0.05, 0) is 132 Å². The van der Waals surface area contributed by atoms with Crippen LogP contribution in [-0.2, 0) is 0 Å². The van der Waals surface area contributed by atoms with Gasteiger partial charge in [0.05, 0.1) is 0 Å². The molecule has 18 aromatic rings.